The van der Waals surface area contributed by atoms with E-state index in [1.165, 1.54) is 13.2 Å². The zero-order valence-corrected chi connectivity index (χ0v) is 22.2. The zero-order valence-electron chi connectivity index (χ0n) is 19.2. The van der Waals surface area contributed by atoms with Crippen LogP contribution >= 0.6 is 46.4 Å². The van der Waals surface area contributed by atoms with Gasteiger partial charge >= 0.3 is 0 Å². The molecular formula is C26H20Cl4N2O4. The van der Waals surface area contributed by atoms with Crippen LogP contribution in [0, 0.1) is 11.3 Å². The van der Waals surface area contributed by atoms with Crippen molar-refractivity contribution >= 4 is 58.4 Å². The molecule has 0 heterocycles. The zero-order chi connectivity index (χ0) is 26.2. The fourth-order valence-corrected chi connectivity index (χ4v) is 4.25. The number of ether oxygens (including phenoxy) is 3. The van der Waals surface area contributed by atoms with Crippen LogP contribution < -0.4 is 19.5 Å². The lowest BCUT2D eigenvalue weighted by Crippen LogP contribution is -2.24. The Bertz CT molecular complexity index is 1330. The maximum absolute atomic E-state index is 12.6. The Morgan fingerprint density at radius 3 is 2.25 bits per heavy atom. The van der Waals surface area contributed by atoms with E-state index in [4.69, 9.17) is 60.6 Å². The average Bonchev–Trinajstić information content (AvgIpc) is 2.86. The average molecular weight is 566 g/mol. The number of hydrogen-bond acceptors (Lipinski definition) is 5. The number of amides is 1. The third-order valence-corrected chi connectivity index (χ3v) is 6.17. The summed E-state index contributed by atoms with van der Waals surface area (Å²) in [6.07, 6.45) is 1.39. The number of nitrogens with one attached hydrogen (secondary N) is 1. The van der Waals surface area contributed by atoms with E-state index in [0.717, 1.165) is 5.56 Å². The lowest BCUT2D eigenvalue weighted by atomic mass is 10.1. The molecule has 10 heteroatoms. The number of nitriles is 1. The molecule has 186 valence electrons. The summed E-state index contributed by atoms with van der Waals surface area (Å²) in [5.74, 6) is 0.847. The highest BCUT2D eigenvalue weighted by atomic mass is 35.5. The quantitative estimate of drug-likeness (QED) is 0.221. The fraction of sp³-hybridized carbons (Fsp3) is 0.154. The van der Waals surface area contributed by atoms with Gasteiger partial charge in [0, 0.05) is 33.8 Å². The topological polar surface area (TPSA) is 80.6 Å². The minimum Gasteiger partial charge on any atom is -0.497 e. The van der Waals surface area contributed by atoms with Gasteiger partial charge in [0.25, 0.3) is 5.91 Å². The van der Waals surface area contributed by atoms with Gasteiger partial charge in [0.05, 0.1) is 24.3 Å². The van der Waals surface area contributed by atoms with Crippen LogP contribution in [-0.4, -0.2) is 20.1 Å². The van der Waals surface area contributed by atoms with Gasteiger partial charge in [-0.15, -0.1) is 0 Å². The first kappa shape index (κ1) is 27.5. The molecule has 0 bridgehead atoms. The van der Waals surface area contributed by atoms with Gasteiger partial charge in [-0.3, -0.25) is 4.79 Å². The van der Waals surface area contributed by atoms with Crippen LogP contribution in [-0.2, 0) is 17.9 Å². The van der Waals surface area contributed by atoms with Crippen LogP contribution in [0.25, 0.3) is 6.08 Å². The lowest BCUT2D eigenvalue weighted by molar-refractivity contribution is -0.117. The number of methoxy groups -OCH3 is 2. The summed E-state index contributed by atoms with van der Waals surface area (Å²) < 4.78 is 16.3. The smallest absolute Gasteiger partial charge is 0.262 e. The molecule has 0 saturated carbocycles. The van der Waals surface area contributed by atoms with Crippen molar-refractivity contribution in [3.8, 4) is 23.3 Å². The Balaban J connectivity index is 1.73. The van der Waals surface area contributed by atoms with Gasteiger partial charge in [-0.25, -0.2) is 0 Å². The summed E-state index contributed by atoms with van der Waals surface area (Å²) in [6, 6.07) is 15.3. The van der Waals surface area contributed by atoms with Crippen molar-refractivity contribution < 1.29 is 19.0 Å². The van der Waals surface area contributed by atoms with E-state index in [1.807, 2.05) is 6.07 Å². The number of benzene rings is 3. The molecular weight excluding hydrogens is 546 g/mol. The number of carbonyl (C=O) groups excluding carboxylic acids is 1. The third kappa shape index (κ3) is 6.99. The van der Waals surface area contributed by atoms with E-state index in [-0.39, 0.29) is 34.5 Å². The van der Waals surface area contributed by atoms with Crippen LogP contribution in [0.4, 0.5) is 0 Å². The van der Waals surface area contributed by atoms with E-state index in [0.29, 0.717) is 32.7 Å². The van der Waals surface area contributed by atoms with E-state index in [9.17, 15) is 10.1 Å². The van der Waals surface area contributed by atoms with E-state index in [2.05, 4.69) is 5.32 Å². The molecule has 36 heavy (non-hydrogen) atoms. The SMILES string of the molecule is COc1ccc(CNC(=O)/C(C#N)=C/c2cc(Cl)c(OCc3ccc(Cl)cc3Cl)c(Cl)c2)c(OC)c1. The van der Waals surface area contributed by atoms with Crippen molar-refractivity contribution in [2.45, 2.75) is 13.2 Å². The molecule has 0 aromatic heterocycles. The Labute approximate surface area is 228 Å². The highest BCUT2D eigenvalue weighted by molar-refractivity contribution is 6.37. The minimum absolute atomic E-state index is 0.116. The molecule has 0 aliphatic carbocycles. The van der Waals surface area contributed by atoms with E-state index in [1.54, 1.807) is 55.6 Å². The molecule has 0 aliphatic heterocycles. The Morgan fingerprint density at radius 1 is 0.944 bits per heavy atom. The van der Waals surface area contributed by atoms with Gasteiger partial charge in [-0.05, 0) is 48.0 Å². The van der Waals surface area contributed by atoms with Crippen LogP contribution in [0.3, 0.4) is 0 Å². The molecule has 3 aromatic rings. The predicted octanol–water partition coefficient (Wildman–Crippen LogP) is 7.12. The molecule has 0 radical (unpaired) electrons. The summed E-state index contributed by atoms with van der Waals surface area (Å²) >= 11 is 24.8. The summed E-state index contributed by atoms with van der Waals surface area (Å²) in [6.45, 7) is 0.262. The molecule has 3 aromatic carbocycles. The maximum Gasteiger partial charge on any atom is 0.262 e. The van der Waals surface area contributed by atoms with Crippen molar-refractivity contribution in [1.29, 1.82) is 5.26 Å². The molecule has 0 unspecified atom stereocenters. The molecule has 1 amide bonds. The van der Waals surface area contributed by atoms with Gasteiger partial charge in [-0.1, -0.05) is 52.5 Å². The predicted molar refractivity (Wildman–Crippen MR) is 142 cm³/mol. The first-order valence-electron chi connectivity index (χ1n) is 10.4. The van der Waals surface area contributed by atoms with Crippen molar-refractivity contribution in [1.82, 2.24) is 5.32 Å². The van der Waals surface area contributed by atoms with Gasteiger partial charge in [0.1, 0.15) is 29.7 Å². The molecule has 1 N–H and O–H groups in total. The summed E-state index contributed by atoms with van der Waals surface area (Å²) in [5, 5.41) is 13.6. The fourth-order valence-electron chi connectivity index (χ4n) is 3.17. The van der Waals surface area contributed by atoms with Gasteiger partial charge in [0.15, 0.2) is 5.75 Å². The highest BCUT2D eigenvalue weighted by Crippen LogP contribution is 2.36. The second-order valence-corrected chi connectivity index (χ2v) is 9.03. The second kappa shape index (κ2) is 12.8. The highest BCUT2D eigenvalue weighted by Gasteiger charge is 2.14. The van der Waals surface area contributed by atoms with Crippen LogP contribution in [0.1, 0.15) is 16.7 Å². The molecule has 0 atom stereocenters. The Kier molecular flexibility index (Phi) is 9.74. The van der Waals surface area contributed by atoms with E-state index < -0.39 is 5.91 Å². The maximum atomic E-state index is 12.6. The Morgan fingerprint density at radius 2 is 1.64 bits per heavy atom. The number of carbonyl (C=O) groups is 1. The molecule has 6 nitrogen and oxygen atoms in total. The molecule has 0 spiro atoms. The summed E-state index contributed by atoms with van der Waals surface area (Å²) in [4.78, 5) is 12.6. The molecule has 0 saturated heterocycles. The lowest BCUT2D eigenvalue weighted by Gasteiger charge is -2.12. The van der Waals surface area contributed by atoms with Crippen LogP contribution in [0.5, 0.6) is 17.2 Å². The number of hydrogen-bond donors (Lipinski definition) is 1. The summed E-state index contributed by atoms with van der Waals surface area (Å²) in [7, 11) is 3.07. The van der Waals surface area contributed by atoms with E-state index >= 15 is 0 Å². The number of halogens is 4. The molecule has 0 fully saturated rings. The molecule has 0 aliphatic rings. The largest absolute Gasteiger partial charge is 0.497 e. The Hall–Kier alpha value is -3.08. The van der Waals surface area contributed by atoms with Crippen LogP contribution in [0.15, 0.2) is 54.1 Å². The monoisotopic (exact) mass is 564 g/mol. The normalized spacial score (nSPS) is 11.0. The van der Waals surface area contributed by atoms with Crippen molar-refractivity contribution in [2.75, 3.05) is 14.2 Å². The first-order valence-corrected chi connectivity index (χ1v) is 11.9. The van der Waals surface area contributed by atoms with Gasteiger partial charge < -0.3 is 19.5 Å². The summed E-state index contributed by atoms with van der Waals surface area (Å²) in [5.41, 5.74) is 1.75. The van der Waals surface area contributed by atoms with Crippen molar-refractivity contribution in [3.63, 3.8) is 0 Å². The minimum atomic E-state index is -0.569. The first-order chi connectivity index (χ1) is 17.2. The standard InChI is InChI=1S/C26H20Cl4N2O4/c1-34-20-6-4-16(24(11-20)35-2)13-32-26(33)18(12-31)7-15-8-22(29)25(23(30)9-15)36-14-17-3-5-19(27)10-21(17)28/h3-11H,13-14H2,1-2H3,(H,32,33)/b18-7+. The van der Waals surface area contributed by atoms with Crippen molar-refractivity contribution in [2.24, 2.45) is 0 Å². The van der Waals surface area contributed by atoms with Gasteiger partial charge in [0.2, 0.25) is 0 Å². The second-order valence-electron chi connectivity index (χ2n) is 7.37. The van der Waals surface area contributed by atoms with Gasteiger partial charge in [-0.2, -0.15) is 5.26 Å². The number of rotatable bonds is 9. The van der Waals surface area contributed by atoms with Crippen molar-refractivity contribution in [3.05, 3.63) is 90.9 Å². The third-order valence-electron chi connectivity index (χ3n) is 5.02. The van der Waals surface area contributed by atoms with Crippen LogP contribution in [0.2, 0.25) is 20.1 Å². The number of nitrogens with zero attached hydrogens (tertiary/aromatic N) is 1. The molecule has 3 rings (SSSR count).